The van der Waals surface area contributed by atoms with Crippen LogP contribution in [0.4, 0.5) is 0 Å². The van der Waals surface area contributed by atoms with Gasteiger partial charge in [0, 0.05) is 17.1 Å². The number of carboxylic acids is 1. The zero-order chi connectivity index (χ0) is 27.8. The van der Waals surface area contributed by atoms with Crippen molar-refractivity contribution < 1.29 is 68.0 Å². The Hall–Kier alpha value is -4.71. The van der Waals surface area contributed by atoms with Gasteiger partial charge in [0.15, 0.2) is 0 Å². The van der Waals surface area contributed by atoms with E-state index < -0.39 is 23.9 Å². The summed E-state index contributed by atoms with van der Waals surface area (Å²) in [6.07, 6.45) is 6.05. The fourth-order valence-corrected chi connectivity index (χ4v) is 4.38. The van der Waals surface area contributed by atoms with Gasteiger partial charge in [0.1, 0.15) is 22.3 Å². The Kier molecular flexibility index (Phi) is 9.18. The Labute approximate surface area is 248 Å². The third-order valence-corrected chi connectivity index (χ3v) is 6.14. The number of nitrogens with zero attached hydrogens (tertiary/aromatic N) is 2. The molecular weight excluding hydrogens is 599 g/mol. The maximum atomic E-state index is 12.9. The van der Waals surface area contributed by atoms with E-state index in [2.05, 4.69) is 19.9 Å². The van der Waals surface area contributed by atoms with Gasteiger partial charge in [0.05, 0.1) is 66.2 Å². The van der Waals surface area contributed by atoms with Crippen molar-refractivity contribution in [3.63, 3.8) is 0 Å². The quantitative estimate of drug-likeness (QED) is 0.148. The number of methoxy groups -OCH3 is 3. The van der Waals surface area contributed by atoms with Crippen molar-refractivity contribution in [2.24, 2.45) is 0 Å². The molecule has 2 aliphatic rings. The van der Waals surface area contributed by atoms with Crippen LogP contribution in [0.2, 0.25) is 0 Å². The minimum atomic E-state index is -1.27. The second kappa shape index (κ2) is 12.2. The fraction of sp³-hybridized carbons (Fsp3) is 0.111. The van der Waals surface area contributed by atoms with E-state index in [1.807, 2.05) is 0 Å². The summed E-state index contributed by atoms with van der Waals surface area (Å²) in [5, 5.41) is 10.1. The van der Waals surface area contributed by atoms with Crippen molar-refractivity contribution in [1.29, 1.82) is 0 Å². The molecule has 0 aliphatic carbocycles. The zero-order valence-corrected chi connectivity index (χ0v) is 23.5. The number of carbonyl (C=O) groups is 4. The first-order valence-corrected chi connectivity index (χ1v) is 11.4. The van der Waals surface area contributed by atoms with E-state index in [1.165, 1.54) is 69.9 Å². The summed E-state index contributed by atoms with van der Waals surface area (Å²) in [5.74, 6) is -3.48. The molecule has 14 heteroatoms. The van der Waals surface area contributed by atoms with Crippen LogP contribution in [0.25, 0.3) is 46.4 Å². The molecule has 2 aliphatic heterocycles. The van der Waals surface area contributed by atoms with E-state index in [-0.39, 0.29) is 96.6 Å². The molecule has 211 valence electrons. The Morgan fingerprint density at radius 2 is 0.878 bits per heavy atom. The Bertz CT molecular complexity index is 1710. The first-order valence-electron chi connectivity index (χ1n) is 11.4. The number of aromatic nitrogens is 4. The number of nitrogens with one attached hydrogen (secondary N) is 2. The van der Waals surface area contributed by atoms with Crippen molar-refractivity contribution in [3.8, 4) is 0 Å². The van der Waals surface area contributed by atoms with E-state index in [0.717, 1.165) is 0 Å². The van der Waals surface area contributed by atoms with Crippen molar-refractivity contribution >= 4 is 70.2 Å². The number of carboxylic acid groups (broad SMARTS) is 1. The fourth-order valence-electron chi connectivity index (χ4n) is 4.38. The SMILES string of the molecule is COC(=O)c1c2nc(c(C(=O)OC)c3ccc([nH]3)c(C(=O)O)c3ccc([nH]3)c(C(=O)OC)c3nc1C=C3)C=C2.[Cl-].[Mn]. The van der Waals surface area contributed by atoms with Crippen LogP contribution in [0.15, 0.2) is 24.3 Å². The van der Waals surface area contributed by atoms with Crippen LogP contribution in [-0.2, 0) is 31.3 Å². The molecule has 41 heavy (non-hydrogen) atoms. The van der Waals surface area contributed by atoms with Crippen LogP contribution >= 0.6 is 0 Å². The predicted octanol–water partition coefficient (Wildman–Crippen LogP) is 0.715. The molecule has 0 spiro atoms. The molecule has 0 atom stereocenters. The van der Waals surface area contributed by atoms with Crippen molar-refractivity contribution in [3.05, 3.63) is 69.3 Å². The number of hydrogen-bond acceptors (Lipinski definition) is 9. The number of carbonyl (C=O) groups excluding carboxylic acids is 3. The van der Waals surface area contributed by atoms with E-state index in [1.54, 1.807) is 0 Å². The third kappa shape index (κ3) is 5.38. The Morgan fingerprint density at radius 3 is 1.20 bits per heavy atom. The smallest absolute Gasteiger partial charge is 0.342 e. The second-order valence-electron chi connectivity index (χ2n) is 8.28. The maximum Gasteiger partial charge on any atom is 0.342 e. The molecule has 5 rings (SSSR count). The number of H-pyrrole nitrogens is 2. The molecule has 3 aromatic heterocycles. The Balaban J connectivity index is 0.00000231. The van der Waals surface area contributed by atoms with Crippen LogP contribution in [0, 0.1) is 0 Å². The van der Waals surface area contributed by atoms with Gasteiger partial charge in [0.2, 0.25) is 0 Å². The molecule has 0 amide bonds. The summed E-state index contributed by atoms with van der Waals surface area (Å²) >= 11 is 0. The van der Waals surface area contributed by atoms with Gasteiger partial charge in [-0.25, -0.2) is 29.1 Å². The van der Waals surface area contributed by atoms with Crippen LogP contribution in [0.3, 0.4) is 0 Å². The first-order chi connectivity index (χ1) is 18.8. The molecule has 1 radical (unpaired) electrons. The van der Waals surface area contributed by atoms with Gasteiger partial charge in [-0.15, -0.1) is 0 Å². The van der Waals surface area contributed by atoms with Gasteiger partial charge in [-0.05, 0) is 48.6 Å². The summed E-state index contributed by atoms with van der Waals surface area (Å²) in [6, 6.07) is 6.02. The van der Waals surface area contributed by atoms with E-state index in [9.17, 15) is 24.3 Å². The van der Waals surface area contributed by atoms with Gasteiger partial charge in [-0.3, -0.25) is 0 Å². The molecule has 0 saturated carbocycles. The molecule has 0 unspecified atom stereocenters. The largest absolute Gasteiger partial charge is 1.00 e. The molecule has 3 N–H and O–H groups in total. The predicted molar refractivity (Wildman–Crippen MR) is 140 cm³/mol. The molecule has 3 aromatic rings. The summed E-state index contributed by atoms with van der Waals surface area (Å²) < 4.78 is 14.9. The number of aromatic carboxylic acids is 1. The summed E-state index contributed by atoms with van der Waals surface area (Å²) in [5.41, 5.74) is 1.30. The minimum Gasteiger partial charge on any atom is -1.00 e. The van der Waals surface area contributed by atoms with Crippen LogP contribution in [-0.4, -0.2) is 70.2 Å². The number of halogens is 1. The molecule has 12 nitrogen and oxygen atoms in total. The maximum absolute atomic E-state index is 12.9. The third-order valence-electron chi connectivity index (χ3n) is 6.14. The molecule has 8 bridgehead atoms. The van der Waals surface area contributed by atoms with Crippen molar-refractivity contribution in [2.75, 3.05) is 21.3 Å². The van der Waals surface area contributed by atoms with E-state index in [0.29, 0.717) is 0 Å². The van der Waals surface area contributed by atoms with E-state index in [4.69, 9.17) is 14.2 Å². The average Bonchev–Trinajstić information content (AvgIpc) is 3.73. The van der Waals surface area contributed by atoms with Gasteiger partial charge in [0.25, 0.3) is 0 Å². The second-order valence-corrected chi connectivity index (χ2v) is 8.28. The Morgan fingerprint density at radius 1 is 0.585 bits per heavy atom. The standard InChI is InChI=1S/C27H20N4O8.ClH.Mn/c1-37-25(34)21-14-6-4-12(28-14)20(24(32)33)13-5-7-15(29-13)22(26(35)38-2)17-9-11-19(31-17)23(27(36)39-3)18-10-8-16(21)30-18;;/h4-11,28-29H,1-3H3,(H,32,33);1H;/p-1. The van der Waals surface area contributed by atoms with E-state index >= 15 is 0 Å². The molecule has 0 fully saturated rings. The topological polar surface area (TPSA) is 174 Å². The van der Waals surface area contributed by atoms with Crippen LogP contribution < -0.4 is 12.4 Å². The number of ether oxygens (including phenoxy) is 3. The zero-order valence-electron chi connectivity index (χ0n) is 21.6. The van der Waals surface area contributed by atoms with Crippen LogP contribution in [0.5, 0.6) is 0 Å². The summed E-state index contributed by atoms with van der Waals surface area (Å²) in [6.45, 7) is 0. The van der Waals surface area contributed by atoms with Crippen LogP contribution in [0.1, 0.15) is 64.2 Å². The van der Waals surface area contributed by atoms with Gasteiger partial charge < -0.3 is 41.7 Å². The molecule has 5 heterocycles. The summed E-state index contributed by atoms with van der Waals surface area (Å²) in [4.78, 5) is 65.7. The number of rotatable bonds is 4. The summed E-state index contributed by atoms with van der Waals surface area (Å²) in [7, 11) is 3.61. The van der Waals surface area contributed by atoms with Gasteiger partial charge in [-0.2, -0.15) is 0 Å². The van der Waals surface area contributed by atoms with Gasteiger partial charge >= 0.3 is 23.9 Å². The molecule has 0 aromatic carbocycles. The first kappa shape index (κ1) is 30.8. The van der Waals surface area contributed by atoms with Crippen molar-refractivity contribution in [1.82, 2.24) is 19.9 Å². The number of fused-ring (bicyclic) bond motifs is 8. The van der Waals surface area contributed by atoms with Gasteiger partial charge in [-0.1, -0.05) is 0 Å². The molecular formula is C27H20ClMnN4O8-. The molecule has 0 saturated heterocycles. The average molecular weight is 619 g/mol. The normalized spacial score (nSPS) is 11.2. The number of hydrogen-bond donors (Lipinski definition) is 3. The number of aromatic amines is 2. The number of esters is 3. The minimum absolute atomic E-state index is 0. The van der Waals surface area contributed by atoms with Crippen molar-refractivity contribution in [2.45, 2.75) is 0 Å². The monoisotopic (exact) mass is 618 g/mol.